The van der Waals surface area contributed by atoms with Gasteiger partial charge in [0.1, 0.15) is 6.04 Å². The van der Waals surface area contributed by atoms with Gasteiger partial charge in [-0.05, 0) is 30.5 Å². The summed E-state index contributed by atoms with van der Waals surface area (Å²) in [4.78, 5) is 29.8. The fourth-order valence-electron chi connectivity index (χ4n) is 4.07. The highest BCUT2D eigenvalue weighted by Crippen LogP contribution is 2.34. The number of carbonyl (C=O) groups is 2. The molecule has 0 saturated heterocycles. The van der Waals surface area contributed by atoms with Crippen LogP contribution in [0.15, 0.2) is 67.1 Å². The van der Waals surface area contributed by atoms with Crippen LogP contribution < -0.4 is 16.4 Å². The van der Waals surface area contributed by atoms with Crippen LogP contribution in [0.4, 0.5) is 5.82 Å². The number of carbonyl (C=O) groups excluding carboxylic acids is 2. The lowest BCUT2D eigenvalue weighted by Crippen LogP contribution is -2.56. The SMILES string of the molecule is CC(C)(N)C(=O)NC(COCc1ccccc1)C(=O)Nc1cn(C2c3ccccc3CC2O)cn1. The molecule has 0 saturated carbocycles. The minimum Gasteiger partial charge on any atom is -0.390 e. The number of nitrogens with zero attached hydrogens (tertiary/aromatic N) is 2. The Bertz CT molecular complexity index is 1170. The van der Waals surface area contributed by atoms with Gasteiger partial charge in [0.2, 0.25) is 5.91 Å². The predicted molar refractivity (Wildman–Crippen MR) is 131 cm³/mol. The zero-order valence-corrected chi connectivity index (χ0v) is 19.8. The number of nitrogens with two attached hydrogens (primary N) is 1. The molecule has 5 N–H and O–H groups in total. The maximum absolute atomic E-state index is 13.1. The van der Waals surface area contributed by atoms with Gasteiger partial charge >= 0.3 is 0 Å². The van der Waals surface area contributed by atoms with E-state index in [1.54, 1.807) is 30.9 Å². The van der Waals surface area contributed by atoms with Gasteiger partial charge in [-0.25, -0.2) is 4.98 Å². The Morgan fingerprint density at radius 2 is 1.91 bits per heavy atom. The summed E-state index contributed by atoms with van der Waals surface area (Å²) in [6, 6.07) is 16.1. The zero-order chi connectivity index (χ0) is 25.0. The van der Waals surface area contributed by atoms with Crippen molar-refractivity contribution in [2.45, 2.75) is 50.6 Å². The number of hydrogen-bond acceptors (Lipinski definition) is 6. The third-order valence-corrected chi connectivity index (χ3v) is 5.94. The summed E-state index contributed by atoms with van der Waals surface area (Å²) in [5.74, 6) is -0.647. The molecular formula is C26H31N5O4. The van der Waals surface area contributed by atoms with Crippen LogP contribution in [-0.2, 0) is 27.4 Å². The molecule has 184 valence electrons. The second kappa shape index (κ2) is 10.4. The number of hydrogen-bond donors (Lipinski definition) is 4. The molecule has 0 bridgehead atoms. The van der Waals surface area contributed by atoms with E-state index in [0.29, 0.717) is 18.8 Å². The van der Waals surface area contributed by atoms with Crippen molar-refractivity contribution >= 4 is 17.6 Å². The maximum atomic E-state index is 13.1. The van der Waals surface area contributed by atoms with Crippen molar-refractivity contribution in [1.29, 1.82) is 0 Å². The number of rotatable bonds is 9. The minimum absolute atomic E-state index is 0.0437. The van der Waals surface area contributed by atoms with E-state index in [2.05, 4.69) is 15.6 Å². The third-order valence-electron chi connectivity index (χ3n) is 5.94. The van der Waals surface area contributed by atoms with Crippen LogP contribution in [-0.4, -0.2) is 50.8 Å². The number of anilines is 1. The van der Waals surface area contributed by atoms with Crippen molar-refractivity contribution in [3.05, 3.63) is 83.8 Å². The Balaban J connectivity index is 1.44. The van der Waals surface area contributed by atoms with E-state index < -0.39 is 29.5 Å². The van der Waals surface area contributed by atoms with Crippen molar-refractivity contribution in [2.24, 2.45) is 5.73 Å². The van der Waals surface area contributed by atoms with Gasteiger partial charge in [0.15, 0.2) is 5.82 Å². The molecule has 1 aliphatic rings. The monoisotopic (exact) mass is 477 g/mol. The molecule has 0 radical (unpaired) electrons. The number of imidazole rings is 1. The van der Waals surface area contributed by atoms with Crippen molar-refractivity contribution in [3.8, 4) is 0 Å². The largest absolute Gasteiger partial charge is 0.390 e. The lowest BCUT2D eigenvalue weighted by molar-refractivity contribution is -0.130. The summed E-state index contributed by atoms with van der Waals surface area (Å²) in [6.07, 6.45) is 3.22. The van der Waals surface area contributed by atoms with Gasteiger partial charge < -0.3 is 30.8 Å². The van der Waals surface area contributed by atoms with Crippen molar-refractivity contribution in [2.75, 3.05) is 11.9 Å². The van der Waals surface area contributed by atoms with Crippen molar-refractivity contribution in [3.63, 3.8) is 0 Å². The summed E-state index contributed by atoms with van der Waals surface area (Å²) in [5, 5.41) is 16.0. The number of fused-ring (bicyclic) bond motifs is 1. The maximum Gasteiger partial charge on any atom is 0.250 e. The molecule has 1 aromatic heterocycles. The number of aromatic nitrogens is 2. The van der Waals surface area contributed by atoms with Crippen molar-refractivity contribution < 1.29 is 19.4 Å². The minimum atomic E-state index is -1.16. The molecule has 3 unspecified atom stereocenters. The fraction of sp³-hybridized carbons (Fsp3) is 0.346. The highest BCUT2D eigenvalue weighted by Gasteiger charge is 2.33. The Morgan fingerprint density at radius 3 is 2.66 bits per heavy atom. The first-order valence-electron chi connectivity index (χ1n) is 11.5. The van der Waals surface area contributed by atoms with Crippen LogP contribution in [0.2, 0.25) is 0 Å². The van der Waals surface area contributed by atoms with Crippen molar-refractivity contribution in [1.82, 2.24) is 14.9 Å². The lowest BCUT2D eigenvalue weighted by Gasteiger charge is -2.23. The zero-order valence-electron chi connectivity index (χ0n) is 19.8. The molecule has 9 nitrogen and oxygen atoms in total. The van der Waals surface area contributed by atoms with Crippen LogP contribution >= 0.6 is 0 Å². The molecule has 9 heteroatoms. The molecule has 3 aromatic rings. The molecule has 2 amide bonds. The normalized spacial score (nSPS) is 18.1. The van der Waals surface area contributed by atoms with E-state index in [4.69, 9.17) is 10.5 Å². The average molecular weight is 478 g/mol. The Kier molecular flexibility index (Phi) is 7.30. The first-order valence-corrected chi connectivity index (χ1v) is 11.5. The van der Waals surface area contributed by atoms with E-state index in [1.807, 2.05) is 54.6 Å². The van der Waals surface area contributed by atoms with Crippen LogP contribution in [0, 0.1) is 0 Å². The average Bonchev–Trinajstić information content (AvgIpc) is 3.41. The van der Waals surface area contributed by atoms with E-state index in [-0.39, 0.29) is 12.6 Å². The second-order valence-corrected chi connectivity index (χ2v) is 9.36. The van der Waals surface area contributed by atoms with E-state index in [0.717, 1.165) is 16.7 Å². The van der Waals surface area contributed by atoms with E-state index in [1.165, 1.54) is 0 Å². The predicted octanol–water partition coefficient (Wildman–Crippen LogP) is 1.77. The van der Waals surface area contributed by atoms with Crippen LogP contribution in [0.3, 0.4) is 0 Å². The lowest BCUT2D eigenvalue weighted by atomic mass is 10.1. The molecule has 0 spiro atoms. The molecule has 1 aliphatic carbocycles. The van der Waals surface area contributed by atoms with E-state index >= 15 is 0 Å². The summed E-state index contributed by atoms with van der Waals surface area (Å²) < 4.78 is 7.51. The Labute approximate surface area is 204 Å². The molecule has 2 aromatic carbocycles. The van der Waals surface area contributed by atoms with Crippen LogP contribution in [0.25, 0.3) is 0 Å². The van der Waals surface area contributed by atoms with Gasteiger partial charge in [-0.1, -0.05) is 54.6 Å². The van der Waals surface area contributed by atoms with Gasteiger partial charge in [-0.3, -0.25) is 9.59 Å². The molecule has 35 heavy (non-hydrogen) atoms. The number of amides is 2. The molecule has 0 fully saturated rings. The van der Waals surface area contributed by atoms with Crippen LogP contribution in [0.5, 0.6) is 0 Å². The van der Waals surface area contributed by atoms with Gasteiger partial charge in [0, 0.05) is 12.6 Å². The molecular weight excluding hydrogens is 446 g/mol. The highest BCUT2D eigenvalue weighted by molar-refractivity contribution is 5.98. The summed E-state index contributed by atoms with van der Waals surface area (Å²) in [6.45, 7) is 3.38. The standard InChI is InChI=1S/C26H31N5O4/c1-26(2,27)25(34)29-20(15-35-14-17-8-4-3-5-9-17)24(33)30-22-13-31(16-28-22)23-19-11-7-6-10-18(19)12-21(23)32/h3-11,13,16,20-21,23,32H,12,14-15,27H2,1-2H3,(H,29,34)(H,30,33). The van der Waals surface area contributed by atoms with Gasteiger partial charge in [0.05, 0.1) is 37.2 Å². The number of aliphatic hydroxyl groups is 1. The quantitative estimate of drug-likeness (QED) is 0.371. The summed E-state index contributed by atoms with van der Waals surface area (Å²) in [5.41, 5.74) is 7.81. The first kappa shape index (κ1) is 24.6. The van der Waals surface area contributed by atoms with Crippen LogP contribution in [0.1, 0.15) is 36.6 Å². The Hall–Kier alpha value is -3.53. The molecule has 1 heterocycles. The third kappa shape index (κ3) is 5.94. The van der Waals surface area contributed by atoms with Gasteiger partial charge in [-0.2, -0.15) is 0 Å². The topological polar surface area (TPSA) is 132 Å². The molecule has 4 rings (SSSR count). The van der Waals surface area contributed by atoms with E-state index in [9.17, 15) is 14.7 Å². The second-order valence-electron chi connectivity index (χ2n) is 9.36. The van der Waals surface area contributed by atoms with Gasteiger partial charge in [0.25, 0.3) is 5.91 Å². The number of aliphatic hydroxyl groups excluding tert-OH is 1. The number of benzene rings is 2. The molecule has 3 atom stereocenters. The highest BCUT2D eigenvalue weighted by atomic mass is 16.5. The number of ether oxygens (including phenoxy) is 1. The fourth-order valence-corrected chi connectivity index (χ4v) is 4.07. The first-order chi connectivity index (χ1) is 16.7. The molecule has 0 aliphatic heterocycles. The summed E-state index contributed by atoms with van der Waals surface area (Å²) in [7, 11) is 0. The van der Waals surface area contributed by atoms with Gasteiger partial charge in [-0.15, -0.1) is 0 Å². The Morgan fingerprint density at radius 1 is 1.20 bits per heavy atom. The number of nitrogens with one attached hydrogen (secondary N) is 2. The smallest absolute Gasteiger partial charge is 0.250 e. The summed E-state index contributed by atoms with van der Waals surface area (Å²) >= 11 is 0.